The summed E-state index contributed by atoms with van der Waals surface area (Å²) >= 11 is 5.92. The van der Waals surface area contributed by atoms with Gasteiger partial charge in [-0.2, -0.15) is 4.98 Å². The smallest absolute Gasteiger partial charge is 0.252 e. The summed E-state index contributed by atoms with van der Waals surface area (Å²) < 4.78 is 6.59. The van der Waals surface area contributed by atoms with Gasteiger partial charge in [0, 0.05) is 16.3 Å². The van der Waals surface area contributed by atoms with Crippen molar-refractivity contribution in [3.63, 3.8) is 0 Å². The number of hydrogen-bond acceptors (Lipinski definition) is 5. The van der Waals surface area contributed by atoms with Crippen LogP contribution in [-0.4, -0.2) is 33.7 Å². The highest BCUT2D eigenvalue weighted by Gasteiger charge is 2.35. The van der Waals surface area contributed by atoms with Crippen LogP contribution in [0.5, 0.6) is 5.75 Å². The predicted molar refractivity (Wildman–Crippen MR) is 104 cm³/mol. The van der Waals surface area contributed by atoms with Crippen LogP contribution in [-0.2, 0) is 9.59 Å². The predicted octanol–water partition coefficient (Wildman–Crippen LogP) is 3.13. The van der Waals surface area contributed by atoms with Crippen LogP contribution < -0.4 is 15.4 Å². The fourth-order valence-electron chi connectivity index (χ4n) is 2.93. The lowest BCUT2D eigenvalue weighted by Gasteiger charge is -2.10. The number of methoxy groups -OCH3 is 1. The average molecular weight is 398 g/mol. The molecule has 0 unspecified atom stereocenters. The number of carbonyl (C=O) groups excluding carboxylic acids is 2. The Kier molecular flexibility index (Phi) is 4.70. The number of rotatable bonds is 5. The van der Waals surface area contributed by atoms with Gasteiger partial charge >= 0.3 is 0 Å². The highest BCUT2D eigenvalue weighted by molar-refractivity contribution is 6.30. The Labute approximate surface area is 165 Å². The van der Waals surface area contributed by atoms with Crippen molar-refractivity contribution in [3.05, 3.63) is 53.6 Å². The molecule has 0 saturated carbocycles. The van der Waals surface area contributed by atoms with Gasteiger partial charge in [-0.3, -0.25) is 14.9 Å². The number of amides is 2. The van der Waals surface area contributed by atoms with E-state index in [1.807, 2.05) is 12.1 Å². The third-order valence-corrected chi connectivity index (χ3v) is 4.53. The van der Waals surface area contributed by atoms with E-state index in [4.69, 9.17) is 16.3 Å². The van der Waals surface area contributed by atoms with Crippen molar-refractivity contribution in [2.24, 2.45) is 0 Å². The van der Waals surface area contributed by atoms with Gasteiger partial charge in [-0.1, -0.05) is 17.7 Å². The molecule has 0 aliphatic carbocycles. The first kappa shape index (κ1) is 18.0. The van der Waals surface area contributed by atoms with Gasteiger partial charge in [-0.15, -0.1) is 5.10 Å². The molecule has 1 aliphatic heterocycles. The monoisotopic (exact) mass is 397 g/mol. The second kappa shape index (κ2) is 7.32. The number of hydrogen-bond donors (Lipinski definition) is 2. The molecule has 2 N–H and O–H groups in total. The van der Waals surface area contributed by atoms with Crippen LogP contribution in [0.3, 0.4) is 0 Å². The molecule has 1 atom stereocenters. The molecule has 4 rings (SSSR count). The minimum absolute atomic E-state index is 0.0727. The molecule has 2 aromatic carbocycles. The maximum atomic E-state index is 12.4. The van der Waals surface area contributed by atoms with E-state index in [1.165, 1.54) is 4.68 Å². The molecule has 142 valence electrons. The Morgan fingerprint density at radius 2 is 2.07 bits per heavy atom. The first-order valence-corrected chi connectivity index (χ1v) is 8.88. The number of carbonyl (C=O) groups is 2. The largest absolute Gasteiger partial charge is 0.497 e. The Balaban J connectivity index is 1.51. The highest BCUT2D eigenvalue weighted by Crippen LogP contribution is 2.29. The van der Waals surface area contributed by atoms with E-state index in [0.717, 1.165) is 11.3 Å². The fourth-order valence-corrected chi connectivity index (χ4v) is 3.12. The normalized spacial score (nSPS) is 15.1. The van der Waals surface area contributed by atoms with Crippen molar-refractivity contribution in [1.29, 1.82) is 0 Å². The number of anilines is 2. The Hall–Kier alpha value is -3.39. The molecule has 9 heteroatoms. The third-order valence-electron chi connectivity index (χ3n) is 4.30. The third kappa shape index (κ3) is 3.54. The number of fused-ring (bicyclic) bond motifs is 1. The summed E-state index contributed by atoms with van der Waals surface area (Å²) in [6, 6.07) is 13.3. The minimum atomic E-state index is -0.770. The zero-order chi connectivity index (χ0) is 19.7. The number of nitrogens with zero attached hydrogens (tertiary/aromatic N) is 3. The molecular weight excluding hydrogens is 382 g/mol. The quantitative estimate of drug-likeness (QED) is 0.689. The van der Waals surface area contributed by atoms with Gasteiger partial charge in [-0.05, 0) is 42.5 Å². The lowest BCUT2D eigenvalue weighted by Crippen LogP contribution is -2.23. The maximum Gasteiger partial charge on any atom is 0.252 e. The van der Waals surface area contributed by atoms with Crippen molar-refractivity contribution < 1.29 is 14.3 Å². The lowest BCUT2D eigenvalue weighted by molar-refractivity contribution is -0.123. The van der Waals surface area contributed by atoms with Crippen molar-refractivity contribution in [2.45, 2.75) is 12.5 Å². The van der Waals surface area contributed by atoms with E-state index >= 15 is 0 Å². The van der Waals surface area contributed by atoms with Gasteiger partial charge in [0.05, 0.1) is 13.5 Å². The van der Waals surface area contributed by atoms with Gasteiger partial charge in [-0.25, -0.2) is 4.68 Å². The molecule has 3 aromatic rings. The zero-order valence-electron chi connectivity index (χ0n) is 14.8. The molecule has 2 amide bonds. The van der Waals surface area contributed by atoms with Gasteiger partial charge in [0.25, 0.3) is 5.91 Å². The molecule has 1 aromatic heterocycles. The van der Waals surface area contributed by atoms with E-state index in [0.29, 0.717) is 22.5 Å². The van der Waals surface area contributed by atoms with Crippen LogP contribution in [0, 0.1) is 0 Å². The van der Waals surface area contributed by atoms with E-state index in [9.17, 15) is 9.59 Å². The van der Waals surface area contributed by atoms with E-state index in [-0.39, 0.29) is 18.2 Å². The van der Waals surface area contributed by atoms with E-state index in [2.05, 4.69) is 20.7 Å². The van der Waals surface area contributed by atoms with Crippen LogP contribution in [0.1, 0.15) is 12.5 Å². The summed E-state index contributed by atoms with van der Waals surface area (Å²) in [5.74, 6) is 0.850. The standard InChI is InChI=1S/C19H16ClN5O3/c1-28-14-7-5-11(6-8-14)17-22-19-23-18(27)15(25(19)24-17)10-16(26)21-13-4-2-3-12(20)9-13/h2-9,15H,10H2,1H3,(H,21,26)(H,22,23,24,27)/t15-/m1/s1. The number of halogens is 1. The molecule has 8 nitrogen and oxygen atoms in total. The maximum absolute atomic E-state index is 12.4. The number of aromatic nitrogens is 3. The van der Waals surface area contributed by atoms with Crippen LogP contribution in [0.15, 0.2) is 48.5 Å². The van der Waals surface area contributed by atoms with Crippen LogP contribution in [0.4, 0.5) is 11.6 Å². The summed E-state index contributed by atoms with van der Waals surface area (Å²) in [7, 11) is 1.59. The SMILES string of the molecule is COc1ccc(-c2nc3n(n2)[C@H](CC(=O)Nc2cccc(Cl)c2)C(=O)N3)cc1. The Morgan fingerprint density at radius 1 is 1.29 bits per heavy atom. The fraction of sp³-hybridized carbons (Fsp3) is 0.158. The molecule has 0 bridgehead atoms. The summed E-state index contributed by atoms with van der Waals surface area (Å²) in [6.07, 6.45) is -0.0727. The van der Waals surface area contributed by atoms with Crippen LogP contribution in [0.25, 0.3) is 11.4 Å². The number of ether oxygens (including phenoxy) is 1. The minimum Gasteiger partial charge on any atom is -0.497 e. The van der Waals surface area contributed by atoms with Crippen LogP contribution >= 0.6 is 11.6 Å². The second-order valence-electron chi connectivity index (χ2n) is 6.20. The molecule has 1 aliphatic rings. The van der Waals surface area contributed by atoms with Gasteiger partial charge in [0.1, 0.15) is 11.8 Å². The first-order chi connectivity index (χ1) is 13.5. The van der Waals surface area contributed by atoms with Crippen molar-refractivity contribution in [2.75, 3.05) is 17.7 Å². The Morgan fingerprint density at radius 3 is 2.79 bits per heavy atom. The van der Waals surface area contributed by atoms with E-state index in [1.54, 1.807) is 43.5 Å². The highest BCUT2D eigenvalue weighted by atomic mass is 35.5. The molecule has 0 radical (unpaired) electrons. The van der Waals surface area contributed by atoms with Crippen molar-refractivity contribution in [1.82, 2.24) is 14.8 Å². The first-order valence-electron chi connectivity index (χ1n) is 8.51. The van der Waals surface area contributed by atoms with Gasteiger partial charge in [0.15, 0.2) is 5.82 Å². The van der Waals surface area contributed by atoms with Gasteiger partial charge < -0.3 is 10.1 Å². The molecule has 0 fully saturated rings. The number of nitrogens with one attached hydrogen (secondary N) is 2. The van der Waals surface area contributed by atoms with E-state index < -0.39 is 6.04 Å². The second-order valence-corrected chi connectivity index (χ2v) is 6.64. The topological polar surface area (TPSA) is 98.1 Å². The van der Waals surface area contributed by atoms with Crippen molar-refractivity contribution >= 4 is 35.1 Å². The summed E-state index contributed by atoms with van der Waals surface area (Å²) in [5, 5.41) is 10.3. The average Bonchev–Trinajstić information content (AvgIpc) is 3.20. The summed E-state index contributed by atoms with van der Waals surface area (Å²) in [5.41, 5.74) is 1.34. The Bertz CT molecular complexity index is 1050. The molecule has 2 heterocycles. The molecule has 28 heavy (non-hydrogen) atoms. The van der Waals surface area contributed by atoms with Crippen molar-refractivity contribution in [3.8, 4) is 17.1 Å². The molecular formula is C19H16ClN5O3. The lowest BCUT2D eigenvalue weighted by atomic mass is 10.2. The molecule has 0 saturated heterocycles. The summed E-state index contributed by atoms with van der Waals surface area (Å²) in [6.45, 7) is 0. The molecule has 0 spiro atoms. The van der Waals surface area contributed by atoms with Crippen LogP contribution in [0.2, 0.25) is 5.02 Å². The van der Waals surface area contributed by atoms with Gasteiger partial charge in [0.2, 0.25) is 11.9 Å². The number of benzene rings is 2. The summed E-state index contributed by atoms with van der Waals surface area (Å²) in [4.78, 5) is 29.0. The zero-order valence-corrected chi connectivity index (χ0v) is 15.6.